The van der Waals surface area contributed by atoms with Crippen LogP contribution in [0.5, 0.6) is 5.75 Å². The number of hydrogen-bond acceptors (Lipinski definition) is 3. The van der Waals surface area contributed by atoms with Crippen molar-refractivity contribution in [3.63, 3.8) is 0 Å². The molecule has 7 heteroatoms. The van der Waals surface area contributed by atoms with Crippen LogP contribution < -0.4 is 15.4 Å². The van der Waals surface area contributed by atoms with Crippen LogP contribution in [0, 0.1) is 0 Å². The van der Waals surface area contributed by atoms with Crippen molar-refractivity contribution in [3.05, 3.63) is 29.3 Å². The van der Waals surface area contributed by atoms with Gasteiger partial charge in [-0.3, -0.25) is 0 Å². The topological polar surface area (TPSA) is 33.3 Å². The first-order valence-corrected chi connectivity index (χ1v) is 5.71. The van der Waals surface area contributed by atoms with Crippen LogP contribution >= 0.6 is 12.4 Å². The molecule has 1 aliphatic rings. The first kappa shape index (κ1) is 16.1. The standard InChI is InChI=1S/C12H15F3N2O.ClH/c1-18-11-6-8(12(13,14)15)2-3-9(11)10-7-16-4-5-17-10;/h2-3,6,10,16-17H,4-5,7H2,1H3;1H/t10-;/m0./s1. The number of hydrogen-bond donors (Lipinski definition) is 2. The molecule has 0 amide bonds. The molecule has 0 unspecified atom stereocenters. The third kappa shape index (κ3) is 3.75. The number of benzene rings is 1. The van der Waals surface area contributed by atoms with Crippen molar-refractivity contribution in [1.82, 2.24) is 10.6 Å². The summed E-state index contributed by atoms with van der Waals surface area (Å²) in [6, 6.07) is 3.60. The van der Waals surface area contributed by atoms with Crippen molar-refractivity contribution < 1.29 is 17.9 Å². The van der Waals surface area contributed by atoms with Gasteiger partial charge in [0.2, 0.25) is 0 Å². The number of alkyl halides is 3. The second-order valence-corrected chi connectivity index (χ2v) is 4.17. The second-order valence-electron chi connectivity index (χ2n) is 4.17. The van der Waals surface area contributed by atoms with Crippen LogP contribution in [0.15, 0.2) is 18.2 Å². The number of piperazine rings is 1. The van der Waals surface area contributed by atoms with Gasteiger partial charge < -0.3 is 15.4 Å². The molecule has 0 spiro atoms. The zero-order valence-corrected chi connectivity index (χ0v) is 11.2. The van der Waals surface area contributed by atoms with E-state index in [2.05, 4.69) is 10.6 Å². The lowest BCUT2D eigenvalue weighted by Crippen LogP contribution is -2.42. The molecule has 1 aromatic carbocycles. The van der Waals surface area contributed by atoms with Gasteiger partial charge in [0.25, 0.3) is 0 Å². The summed E-state index contributed by atoms with van der Waals surface area (Å²) in [5.41, 5.74) is 0.0598. The molecule has 0 aromatic heterocycles. The maximum absolute atomic E-state index is 12.6. The van der Waals surface area contributed by atoms with Gasteiger partial charge in [-0.1, -0.05) is 6.07 Å². The number of methoxy groups -OCH3 is 1. The minimum atomic E-state index is -4.34. The molecular weight excluding hydrogens is 281 g/mol. The van der Waals surface area contributed by atoms with Crippen molar-refractivity contribution in [2.24, 2.45) is 0 Å². The molecule has 1 aliphatic heterocycles. The number of nitrogens with one attached hydrogen (secondary N) is 2. The molecule has 1 aromatic rings. The first-order valence-electron chi connectivity index (χ1n) is 5.71. The Hall–Kier alpha value is -0.980. The fourth-order valence-corrected chi connectivity index (χ4v) is 2.05. The Morgan fingerprint density at radius 3 is 2.53 bits per heavy atom. The highest BCUT2D eigenvalue weighted by atomic mass is 35.5. The van der Waals surface area contributed by atoms with Crippen molar-refractivity contribution in [2.45, 2.75) is 12.2 Å². The van der Waals surface area contributed by atoms with Gasteiger partial charge in [0, 0.05) is 31.2 Å². The zero-order valence-electron chi connectivity index (χ0n) is 10.4. The van der Waals surface area contributed by atoms with Crippen LogP contribution in [0.1, 0.15) is 17.2 Å². The molecule has 0 radical (unpaired) electrons. The highest BCUT2D eigenvalue weighted by molar-refractivity contribution is 5.85. The van der Waals surface area contributed by atoms with Gasteiger partial charge >= 0.3 is 6.18 Å². The molecule has 0 bridgehead atoms. The van der Waals surface area contributed by atoms with Crippen molar-refractivity contribution in [1.29, 1.82) is 0 Å². The SMILES string of the molecule is COc1cc(C(F)(F)F)ccc1[C@@H]1CNCCN1.Cl. The van der Waals surface area contributed by atoms with E-state index in [1.807, 2.05) is 0 Å². The largest absolute Gasteiger partial charge is 0.496 e. The molecule has 1 atom stereocenters. The molecule has 3 nitrogen and oxygen atoms in total. The molecular formula is C12H16ClF3N2O. The Morgan fingerprint density at radius 1 is 1.26 bits per heavy atom. The van der Waals surface area contributed by atoms with Crippen molar-refractivity contribution in [2.75, 3.05) is 26.7 Å². The van der Waals surface area contributed by atoms with Gasteiger partial charge in [0.15, 0.2) is 0 Å². The smallest absolute Gasteiger partial charge is 0.416 e. The Kier molecular flexibility index (Phi) is 5.46. The Labute approximate surface area is 115 Å². The van der Waals surface area contributed by atoms with E-state index in [0.717, 1.165) is 30.8 Å². The first-order chi connectivity index (χ1) is 8.52. The van der Waals surface area contributed by atoms with E-state index in [1.54, 1.807) is 0 Å². The number of ether oxygens (including phenoxy) is 1. The van der Waals surface area contributed by atoms with Crippen molar-refractivity contribution >= 4 is 12.4 Å². The summed E-state index contributed by atoms with van der Waals surface area (Å²) < 4.78 is 42.9. The number of halogens is 4. The monoisotopic (exact) mass is 296 g/mol. The summed E-state index contributed by atoms with van der Waals surface area (Å²) >= 11 is 0. The fourth-order valence-electron chi connectivity index (χ4n) is 2.05. The fraction of sp³-hybridized carbons (Fsp3) is 0.500. The van der Waals surface area contributed by atoms with Crippen LogP contribution in [0.4, 0.5) is 13.2 Å². The highest BCUT2D eigenvalue weighted by Gasteiger charge is 2.32. The van der Waals surface area contributed by atoms with Crippen LogP contribution in [0.2, 0.25) is 0 Å². The van der Waals surface area contributed by atoms with Crippen LogP contribution in [-0.4, -0.2) is 26.7 Å². The second kappa shape index (κ2) is 6.45. The van der Waals surface area contributed by atoms with Gasteiger partial charge in [-0.25, -0.2) is 0 Å². The molecule has 2 rings (SSSR count). The number of rotatable bonds is 2. The average Bonchev–Trinajstić information content (AvgIpc) is 2.38. The molecule has 0 aliphatic carbocycles. The Bertz CT molecular complexity index is 420. The Morgan fingerprint density at radius 2 is 2.00 bits per heavy atom. The van der Waals surface area contributed by atoms with Gasteiger partial charge in [0.05, 0.1) is 12.7 Å². The summed E-state index contributed by atoms with van der Waals surface area (Å²) in [5, 5.41) is 6.43. The van der Waals surface area contributed by atoms with Gasteiger partial charge in [-0.2, -0.15) is 13.2 Å². The predicted octanol–water partition coefficient (Wildman–Crippen LogP) is 2.37. The maximum Gasteiger partial charge on any atom is 0.416 e. The predicted molar refractivity (Wildman–Crippen MR) is 68.9 cm³/mol. The van der Waals surface area contributed by atoms with E-state index in [0.29, 0.717) is 6.54 Å². The quantitative estimate of drug-likeness (QED) is 0.879. The Balaban J connectivity index is 0.00000180. The third-order valence-electron chi connectivity index (χ3n) is 2.98. The molecule has 1 fully saturated rings. The van der Waals surface area contributed by atoms with E-state index in [4.69, 9.17) is 4.74 Å². The summed E-state index contributed by atoms with van der Waals surface area (Å²) in [7, 11) is 1.38. The molecule has 1 saturated heterocycles. The lowest BCUT2D eigenvalue weighted by atomic mass is 10.0. The van der Waals surface area contributed by atoms with Crippen LogP contribution in [0.3, 0.4) is 0 Å². The summed E-state index contributed by atoms with van der Waals surface area (Å²) in [6.45, 7) is 2.33. The normalized spacial score (nSPS) is 19.7. The highest BCUT2D eigenvalue weighted by Crippen LogP contribution is 2.35. The van der Waals surface area contributed by atoms with Crippen LogP contribution in [0.25, 0.3) is 0 Å². The van der Waals surface area contributed by atoms with Gasteiger partial charge in [-0.15, -0.1) is 12.4 Å². The maximum atomic E-state index is 12.6. The average molecular weight is 297 g/mol. The van der Waals surface area contributed by atoms with E-state index in [-0.39, 0.29) is 24.2 Å². The zero-order chi connectivity index (χ0) is 13.2. The third-order valence-corrected chi connectivity index (χ3v) is 2.98. The minimum Gasteiger partial charge on any atom is -0.496 e. The molecule has 19 heavy (non-hydrogen) atoms. The molecule has 0 saturated carbocycles. The van der Waals surface area contributed by atoms with E-state index in [1.165, 1.54) is 13.2 Å². The molecule has 1 heterocycles. The summed E-state index contributed by atoms with van der Waals surface area (Å²) in [4.78, 5) is 0. The minimum absolute atomic E-state index is 0. The van der Waals surface area contributed by atoms with E-state index in [9.17, 15) is 13.2 Å². The van der Waals surface area contributed by atoms with E-state index >= 15 is 0 Å². The molecule has 108 valence electrons. The summed E-state index contributed by atoms with van der Waals surface area (Å²) in [6.07, 6.45) is -4.34. The van der Waals surface area contributed by atoms with Gasteiger partial charge in [0.1, 0.15) is 5.75 Å². The van der Waals surface area contributed by atoms with E-state index < -0.39 is 11.7 Å². The van der Waals surface area contributed by atoms with Gasteiger partial charge in [-0.05, 0) is 12.1 Å². The lowest BCUT2D eigenvalue weighted by molar-refractivity contribution is -0.137. The summed E-state index contributed by atoms with van der Waals surface area (Å²) in [5.74, 6) is 0.269. The molecule has 2 N–H and O–H groups in total. The lowest BCUT2D eigenvalue weighted by Gasteiger charge is -2.26. The van der Waals surface area contributed by atoms with Crippen molar-refractivity contribution in [3.8, 4) is 5.75 Å². The van der Waals surface area contributed by atoms with Crippen LogP contribution in [-0.2, 0) is 6.18 Å².